The fraction of sp³-hybridized carbons (Fsp3) is 0.667. The molecule has 1 atom stereocenters. The lowest BCUT2D eigenvalue weighted by Crippen LogP contribution is -2.19. The van der Waals surface area contributed by atoms with Gasteiger partial charge in [0, 0.05) is 6.16 Å². The van der Waals surface area contributed by atoms with Gasteiger partial charge in [0.15, 0.2) is 0 Å². The first-order valence-corrected chi connectivity index (χ1v) is 7.15. The molecule has 1 unspecified atom stereocenters. The van der Waals surface area contributed by atoms with Crippen molar-refractivity contribution in [1.29, 1.82) is 0 Å². The number of aliphatic hydroxyl groups excluding tert-OH is 1. The van der Waals surface area contributed by atoms with Gasteiger partial charge in [-0.25, -0.2) is 0 Å². The van der Waals surface area contributed by atoms with Gasteiger partial charge >= 0.3 is 0 Å². The van der Waals surface area contributed by atoms with Crippen LogP contribution in [0, 0.1) is 0 Å². The molecule has 114 valence electrons. The van der Waals surface area contributed by atoms with E-state index in [1.54, 1.807) is 6.92 Å². The van der Waals surface area contributed by atoms with Gasteiger partial charge in [-0.1, -0.05) is 11.6 Å². The molecule has 10 nitrogen and oxygen atoms in total. The quantitative estimate of drug-likeness (QED) is 0.380. The lowest BCUT2D eigenvalue weighted by atomic mass is 10.3. The number of phosphoric acid groups is 1. The lowest BCUT2D eigenvalue weighted by Gasteiger charge is -2.35. The minimum Gasteiger partial charge on any atom is -0.790 e. The Morgan fingerprint density at radius 2 is 1.67 bits per heavy atom. The first-order chi connectivity index (χ1) is 6.66. The van der Waals surface area contributed by atoms with Crippen molar-refractivity contribution in [2.75, 3.05) is 12.8 Å². The van der Waals surface area contributed by atoms with E-state index < -0.39 is 21.6 Å². The molecular formula is C6H23N3O7P2. The third kappa shape index (κ3) is 15.9. The summed E-state index contributed by atoms with van der Waals surface area (Å²) in [5.74, 6) is 0. The summed E-state index contributed by atoms with van der Waals surface area (Å²) in [6.07, 6.45) is 0.792. The maximum Gasteiger partial charge on any atom is 0.140 e. The van der Waals surface area contributed by atoms with Crippen molar-refractivity contribution in [2.45, 2.75) is 13.3 Å². The summed E-state index contributed by atoms with van der Waals surface area (Å²) in [5, 5.41) is 8.56. The Bertz CT molecular complexity index is 329. The number of quaternary nitrogens is 3. The molecule has 12 heteroatoms. The smallest absolute Gasteiger partial charge is 0.140 e. The molecule has 0 saturated heterocycles. The second kappa shape index (κ2) is 10.8. The monoisotopic (exact) mass is 311 g/mol. The summed E-state index contributed by atoms with van der Waals surface area (Å²) in [6, 6.07) is 0. The average molecular weight is 311 g/mol. The molecule has 0 fully saturated rings. The molecule has 0 amide bonds. The fourth-order valence-electron chi connectivity index (χ4n) is 0.727. The van der Waals surface area contributed by atoms with E-state index in [-0.39, 0.29) is 31.5 Å². The van der Waals surface area contributed by atoms with E-state index in [9.17, 15) is 23.8 Å². The van der Waals surface area contributed by atoms with Crippen LogP contribution < -0.4 is 33.1 Å². The molecule has 0 aliphatic rings. The van der Waals surface area contributed by atoms with Gasteiger partial charge in [-0.2, -0.15) is 0 Å². The van der Waals surface area contributed by atoms with Gasteiger partial charge in [-0.15, -0.1) is 0 Å². The van der Waals surface area contributed by atoms with Crippen LogP contribution in [0.15, 0.2) is 11.6 Å². The van der Waals surface area contributed by atoms with Crippen LogP contribution in [0.3, 0.4) is 0 Å². The zero-order valence-corrected chi connectivity index (χ0v) is 12.8. The molecule has 0 saturated carbocycles. The Morgan fingerprint density at radius 1 is 1.22 bits per heavy atom. The van der Waals surface area contributed by atoms with Gasteiger partial charge in [0.25, 0.3) is 0 Å². The van der Waals surface area contributed by atoms with E-state index in [0.717, 1.165) is 0 Å². The molecule has 0 aromatic carbocycles. The Morgan fingerprint density at radius 3 is 2.00 bits per heavy atom. The Hall–Kier alpha value is -0.120. The molecule has 0 bridgehead atoms. The zero-order valence-electron chi connectivity index (χ0n) is 11.0. The molecule has 0 aromatic heterocycles. The highest BCUT2D eigenvalue weighted by atomic mass is 31.3. The maximum atomic E-state index is 10.9. The highest BCUT2D eigenvalue weighted by molar-refractivity contribution is 7.61. The number of hydrogen-bond acceptors (Lipinski definition) is 7. The molecule has 13 N–H and O–H groups in total. The minimum absolute atomic E-state index is 0. The number of allylic oxidation sites excluding steroid dienone is 1. The number of rotatable bonds is 6. The fourth-order valence-corrected chi connectivity index (χ4v) is 2.72. The molecule has 0 aromatic rings. The third-order valence-corrected chi connectivity index (χ3v) is 3.97. The summed E-state index contributed by atoms with van der Waals surface area (Å²) in [6.45, 7) is 1.36. The lowest BCUT2D eigenvalue weighted by molar-refractivity contribution is -0.337. The molecule has 0 aliphatic carbocycles. The Labute approximate surface area is 106 Å². The van der Waals surface area contributed by atoms with Crippen molar-refractivity contribution in [3.8, 4) is 0 Å². The first kappa shape index (κ1) is 26.4. The standard InChI is InChI=1S/C6H14O7P2.3H3N/c1-6(5-7)3-2-4-14(8,9)13-15(10,11)12;;;/h3,7H,2,4-5H2,1H3,(H,8,9)(H2,10,11,12);3*1H3. The van der Waals surface area contributed by atoms with Crippen LogP contribution in [0.2, 0.25) is 0 Å². The second-order valence-electron chi connectivity index (χ2n) is 2.86. The van der Waals surface area contributed by atoms with Crippen molar-refractivity contribution in [3.05, 3.63) is 11.6 Å². The van der Waals surface area contributed by atoms with Gasteiger partial charge in [0.05, 0.1) is 14.4 Å². The second-order valence-corrected chi connectivity index (χ2v) is 6.08. The molecule has 0 rings (SSSR count). The molecule has 0 spiro atoms. The van der Waals surface area contributed by atoms with Crippen molar-refractivity contribution >= 4 is 15.4 Å². The zero-order chi connectivity index (χ0) is 12.1. The van der Waals surface area contributed by atoms with Gasteiger partial charge in [-0.3, -0.25) is 0 Å². The summed E-state index contributed by atoms with van der Waals surface area (Å²) in [4.78, 5) is 30.9. The van der Waals surface area contributed by atoms with E-state index in [2.05, 4.69) is 4.31 Å². The minimum atomic E-state index is -5.50. The topological polar surface area (TPSA) is 242 Å². The largest absolute Gasteiger partial charge is 0.790 e. The molecule has 0 heterocycles. The van der Waals surface area contributed by atoms with Gasteiger partial charge in [0.1, 0.15) is 7.60 Å². The summed E-state index contributed by atoms with van der Waals surface area (Å²) in [7, 11) is -10.1. The van der Waals surface area contributed by atoms with E-state index in [1.807, 2.05) is 0 Å². The van der Waals surface area contributed by atoms with Crippen molar-refractivity contribution in [1.82, 2.24) is 18.5 Å². The highest BCUT2D eigenvalue weighted by Crippen LogP contribution is 2.49. The molecule has 0 aliphatic heterocycles. The van der Waals surface area contributed by atoms with E-state index >= 15 is 0 Å². The third-order valence-electron chi connectivity index (χ3n) is 1.37. The van der Waals surface area contributed by atoms with Gasteiger partial charge in [-0.05, 0) is 13.3 Å². The summed E-state index contributed by atoms with van der Waals surface area (Å²) in [5.41, 5.74) is 0.544. The van der Waals surface area contributed by atoms with Crippen LogP contribution in [0.4, 0.5) is 0 Å². The predicted octanol–water partition coefficient (Wildman–Crippen LogP) is -0.158. The Kier molecular flexibility index (Phi) is 15.8. The average Bonchev–Trinajstić information content (AvgIpc) is 1.98. The van der Waals surface area contributed by atoms with Crippen LogP contribution in [-0.4, -0.2) is 17.9 Å². The van der Waals surface area contributed by atoms with E-state index in [0.29, 0.717) is 5.57 Å². The van der Waals surface area contributed by atoms with Gasteiger partial charge in [0.2, 0.25) is 0 Å². The number of hydrogen-bond donors (Lipinski definition) is 4. The van der Waals surface area contributed by atoms with Crippen LogP contribution in [0.1, 0.15) is 13.3 Å². The van der Waals surface area contributed by atoms with Crippen molar-refractivity contribution < 1.29 is 33.2 Å². The summed E-state index contributed by atoms with van der Waals surface area (Å²) >= 11 is 0. The van der Waals surface area contributed by atoms with Crippen LogP contribution in [0.25, 0.3) is 0 Å². The summed E-state index contributed by atoms with van der Waals surface area (Å²) < 4.78 is 24.3. The van der Waals surface area contributed by atoms with Crippen LogP contribution in [-0.2, 0) is 13.4 Å². The highest BCUT2D eigenvalue weighted by Gasteiger charge is 2.09. The van der Waals surface area contributed by atoms with E-state index in [1.165, 1.54) is 6.08 Å². The predicted molar refractivity (Wildman–Crippen MR) is 64.6 cm³/mol. The van der Waals surface area contributed by atoms with Crippen molar-refractivity contribution in [2.24, 2.45) is 0 Å². The van der Waals surface area contributed by atoms with E-state index in [4.69, 9.17) is 5.11 Å². The normalized spacial score (nSPS) is 14.6. The maximum absolute atomic E-state index is 10.9. The molecule has 18 heavy (non-hydrogen) atoms. The Balaban J connectivity index is -0.000000327. The molecular weight excluding hydrogens is 288 g/mol. The first-order valence-electron chi connectivity index (χ1n) is 3.96. The van der Waals surface area contributed by atoms with Crippen LogP contribution >= 0.6 is 15.4 Å². The SMILES string of the molecule is CC(=CCCP(=O)([O-])OP(=O)([O-])[O-])CO.[NH4+].[NH4+].[NH4+]. The van der Waals surface area contributed by atoms with Gasteiger partial charge < -0.3 is 51.7 Å². The molecule has 0 radical (unpaired) electrons. The van der Waals surface area contributed by atoms with Crippen molar-refractivity contribution in [3.63, 3.8) is 0 Å². The number of aliphatic hydroxyl groups is 1. The van der Waals surface area contributed by atoms with Crippen LogP contribution in [0.5, 0.6) is 0 Å².